The zero-order valence-corrected chi connectivity index (χ0v) is 15.8. The molecule has 0 unspecified atom stereocenters. The van der Waals surface area contributed by atoms with Gasteiger partial charge in [0.25, 0.3) is 0 Å². The fourth-order valence-corrected chi connectivity index (χ4v) is 2.74. The third kappa shape index (κ3) is 3.96. The van der Waals surface area contributed by atoms with E-state index in [1.807, 2.05) is 12.1 Å². The molecule has 1 aromatic rings. The van der Waals surface area contributed by atoms with Crippen molar-refractivity contribution in [3.8, 4) is 0 Å². The van der Waals surface area contributed by atoms with Crippen LogP contribution in [0.25, 0.3) is 0 Å². The van der Waals surface area contributed by atoms with Gasteiger partial charge in [-0.3, -0.25) is 0 Å². The third-order valence-corrected chi connectivity index (χ3v) is 4.26. The van der Waals surface area contributed by atoms with Crippen LogP contribution < -0.4 is 4.90 Å². The van der Waals surface area contributed by atoms with Crippen molar-refractivity contribution in [2.24, 2.45) is 0 Å². The molecule has 25 heavy (non-hydrogen) atoms. The Morgan fingerprint density at radius 1 is 1.16 bits per heavy atom. The SMILES string of the molecule is COC(=O)C1=C(C(=O)OC)N(c2cc(C(C)(C)C)ccc2Cl)COC1. The van der Waals surface area contributed by atoms with E-state index in [0.29, 0.717) is 10.7 Å². The second kappa shape index (κ2) is 7.45. The molecule has 0 amide bonds. The lowest BCUT2D eigenvalue weighted by molar-refractivity contribution is -0.140. The second-order valence-corrected chi connectivity index (χ2v) is 7.04. The number of benzene rings is 1. The van der Waals surface area contributed by atoms with Gasteiger partial charge in [0.05, 0.1) is 37.1 Å². The highest BCUT2D eigenvalue weighted by atomic mass is 35.5. The van der Waals surface area contributed by atoms with Gasteiger partial charge in [0, 0.05) is 0 Å². The zero-order valence-electron chi connectivity index (χ0n) is 15.0. The van der Waals surface area contributed by atoms with Gasteiger partial charge in [0.2, 0.25) is 0 Å². The van der Waals surface area contributed by atoms with E-state index in [1.54, 1.807) is 11.0 Å². The second-order valence-electron chi connectivity index (χ2n) is 6.63. The summed E-state index contributed by atoms with van der Waals surface area (Å²) in [6.45, 7) is 6.25. The fourth-order valence-electron chi connectivity index (χ4n) is 2.52. The number of rotatable bonds is 3. The van der Waals surface area contributed by atoms with E-state index >= 15 is 0 Å². The molecule has 136 valence electrons. The molecule has 0 fully saturated rings. The molecule has 1 aliphatic rings. The van der Waals surface area contributed by atoms with Gasteiger partial charge in [-0.15, -0.1) is 0 Å². The van der Waals surface area contributed by atoms with Gasteiger partial charge in [-0.1, -0.05) is 38.4 Å². The highest BCUT2D eigenvalue weighted by Gasteiger charge is 2.33. The molecule has 6 nitrogen and oxygen atoms in total. The summed E-state index contributed by atoms with van der Waals surface area (Å²) in [5.41, 5.74) is 1.65. The summed E-state index contributed by atoms with van der Waals surface area (Å²) in [4.78, 5) is 25.9. The number of hydrogen-bond donors (Lipinski definition) is 0. The predicted molar refractivity (Wildman–Crippen MR) is 94.5 cm³/mol. The summed E-state index contributed by atoms with van der Waals surface area (Å²) in [5, 5.41) is 0.434. The van der Waals surface area contributed by atoms with E-state index < -0.39 is 11.9 Å². The topological polar surface area (TPSA) is 65.1 Å². The molecule has 1 aliphatic heterocycles. The number of hydrogen-bond acceptors (Lipinski definition) is 6. The van der Waals surface area contributed by atoms with E-state index in [4.69, 9.17) is 25.8 Å². The minimum atomic E-state index is -0.652. The average molecular weight is 368 g/mol. The maximum atomic E-state index is 12.3. The highest BCUT2D eigenvalue weighted by Crippen LogP contribution is 2.36. The lowest BCUT2D eigenvalue weighted by atomic mass is 9.87. The Kier molecular flexibility index (Phi) is 5.75. The van der Waals surface area contributed by atoms with Crippen molar-refractivity contribution in [2.75, 3.05) is 32.5 Å². The Labute approximate surface area is 152 Å². The van der Waals surface area contributed by atoms with Crippen molar-refractivity contribution in [3.63, 3.8) is 0 Å². The molecule has 7 heteroatoms. The van der Waals surface area contributed by atoms with Gasteiger partial charge < -0.3 is 19.1 Å². The van der Waals surface area contributed by atoms with Crippen LogP contribution in [0.1, 0.15) is 26.3 Å². The third-order valence-electron chi connectivity index (χ3n) is 3.94. The Morgan fingerprint density at radius 2 is 1.80 bits per heavy atom. The van der Waals surface area contributed by atoms with Gasteiger partial charge in [0.1, 0.15) is 12.4 Å². The molecule has 0 aliphatic carbocycles. The van der Waals surface area contributed by atoms with E-state index in [9.17, 15) is 9.59 Å². The smallest absolute Gasteiger partial charge is 0.355 e. The van der Waals surface area contributed by atoms with Gasteiger partial charge in [-0.25, -0.2) is 9.59 Å². The molecular weight excluding hydrogens is 346 g/mol. The van der Waals surface area contributed by atoms with E-state index in [-0.39, 0.29) is 30.0 Å². The van der Waals surface area contributed by atoms with Crippen LogP contribution >= 0.6 is 11.6 Å². The lowest BCUT2D eigenvalue weighted by Crippen LogP contribution is -2.39. The number of esters is 2. The zero-order chi connectivity index (χ0) is 18.8. The first-order valence-electron chi connectivity index (χ1n) is 7.75. The van der Waals surface area contributed by atoms with Crippen LogP contribution in [0.2, 0.25) is 5.02 Å². The first-order valence-corrected chi connectivity index (χ1v) is 8.13. The van der Waals surface area contributed by atoms with E-state index in [2.05, 4.69) is 20.8 Å². The average Bonchev–Trinajstić information content (AvgIpc) is 2.59. The summed E-state index contributed by atoms with van der Waals surface area (Å²) >= 11 is 6.37. The van der Waals surface area contributed by atoms with Gasteiger partial charge in [0.15, 0.2) is 0 Å². The number of nitrogens with zero attached hydrogens (tertiary/aromatic N) is 1. The van der Waals surface area contributed by atoms with Crippen molar-refractivity contribution < 1.29 is 23.8 Å². The molecule has 0 saturated carbocycles. The van der Waals surface area contributed by atoms with Crippen molar-refractivity contribution in [2.45, 2.75) is 26.2 Å². The van der Waals surface area contributed by atoms with Crippen LogP contribution in [-0.4, -0.2) is 39.5 Å². The fraction of sp³-hybridized carbons (Fsp3) is 0.444. The number of carbonyl (C=O) groups is 2. The van der Waals surface area contributed by atoms with Crippen molar-refractivity contribution >= 4 is 29.2 Å². The van der Waals surface area contributed by atoms with Crippen molar-refractivity contribution in [1.82, 2.24) is 0 Å². The number of halogens is 1. The molecule has 2 rings (SSSR count). The summed E-state index contributed by atoms with van der Waals surface area (Å²) in [6, 6.07) is 5.58. The van der Waals surface area contributed by atoms with Crippen molar-refractivity contribution in [1.29, 1.82) is 0 Å². The van der Waals surface area contributed by atoms with Crippen molar-refractivity contribution in [3.05, 3.63) is 40.1 Å². The Hall–Kier alpha value is -2.05. The molecule has 1 aromatic carbocycles. The molecule has 0 spiro atoms. The van der Waals surface area contributed by atoms with Crippen LogP contribution in [0.5, 0.6) is 0 Å². The van der Waals surface area contributed by atoms with Crippen LogP contribution in [0, 0.1) is 0 Å². The Bertz CT molecular complexity index is 721. The quantitative estimate of drug-likeness (QED) is 0.765. The normalized spacial score (nSPS) is 15.2. The van der Waals surface area contributed by atoms with Crippen LogP contribution in [0.4, 0.5) is 5.69 Å². The Morgan fingerprint density at radius 3 is 2.36 bits per heavy atom. The predicted octanol–water partition coefficient (Wildman–Crippen LogP) is 3.03. The molecule has 0 atom stereocenters. The minimum absolute atomic E-state index is 0.0375. The standard InChI is InChI=1S/C18H22ClNO5/c1-18(2,3)11-6-7-13(19)14(8-11)20-10-25-9-12(16(21)23-4)15(20)17(22)24-5/h6-8H,9-10H2,1-5H3. The molecule has 1 heterocycles. The minimum Gasteiger partial charge on any atom is -0.466 e. The largest absolute Gasteiger partial charge is 0.466 e. The number of methoxy groups -OCH3 is 2. The molecule has 0 bridgehead atoms. The first kappa shape index (κ1) is 19.3. The highest BCUT2D eigenvalue weighted by molar-refractivity contribution is 6.33. The number of anilines is 1. The van der Waals surface area contributed by atoms with Gasteiger partial charge in [-0.05, 0) is 23.1 Å². The van der Waals surface area contributed by atoms with Gasteiger partial charge in [-0.2, -0.15) is 0 Å². The Balaban J connectivity index is 2.63. The first-order chi connectivity index (χ1) is 11.7. The molecule has 0 saturated heterocycles. The van der Waals surface area contributed by atoms with Crippen LogP contribution in [0.15, 0.2) is 29.5 Å². The molecular formula is C18H22ClNO5. The van der Waals surface area contributed by atoms with Crippen LogP contribution in [0.3, 0.4) is 0 Å². The summed E-state index contributed by atoms with van der Waals surface area (Å²) in [7, 11) is 2.50. The number of carbonyl (C=O) groups excluding carboxylic acids is 2. The number of ether oxygens (including phenoxy) is 3. The lowest BCUT2D eigenvalue weighted by Gasteiger charge is -2.33. The van der Waals surface area contributed by atoms with Crippen LogP contribution in [-0.2, 0) is 29.2 Å². The molecule has 0 radical (unpaired) electrons. The summed E-state index contributed by atoms with van der Waals surface area (Å²) < 4.78 is 15.1. The summed E-state index contributed by atoms with van der Waals surface area (Å²) in [5.74, 6) is -1.30. The monoisotopic (exact) mass is 367 g/mol. The maximum Gasteiger partial charge on any atom is 0.355 e. The van der Waals surface area contributed by atoms with Gasteiger partial charge >= 0.3 is 11.9 Å². The molecule has 0 N–H and O–H groups in total. The van der Waals surface area contributed by atoms with E-state index in [1.165, 1.54) is 14.2 Å². The summed E-state index contributed by atoms with van der Waals surface area (Å²) in [6.07, 6.45) is 0. The van der Waals surface area contributed by atoms with E-state index in [0.717, 1.165) is 5.56 Å². The molecule has 0 aromatic heterocycles. The maximum absolute atomic E-state index is 12.3.